The molecule has 0 aliphatic carbocycles. The summed E-state index contributed by atoms with van der Waals surface area (Å²) in [5.74, 6) is -4.35. The molecule has 0 aliphatic heterocycles. The van der Waals surface area contributed by atoms with E-state index in [1.54, 1.807) is 39.0 Å². The Bertz CT molecular complexity index is 707. The van der Waals surface area contributed by atoms with Gasteiger partial charge in [-0.15, -0.1) is 0 Å². The Labute approximate surface area is 163 Å². The highest BCUT2D eigenvalue weighted by molar-refractivity contribution is 6.07. The van der Waals surface area contributed by atoms with Gasteiger partial charge in [-0.2, -0.15) is 0 Å². The highest BCUT2D eigenvalue weighted by Gasteiger charge is 2.55. The molecule has 0 saturated heterocycles. The van der Waals surface area contributed by atoms with Gasteiger partial charge in [-0.05, 0) is 32.9 Å². The van der Waals surface area contributed by atoms with E-state index in [0.717, 1.165) is 14.2 Å². The molecule has 9 heteroatoms. The molecule has 1 aromatic rings. The molecule has 1 atom stereocenters. The number of esters is 4. The Balaban J connectivity index is 3.26. The summed E-state index contributed by atoms with van der Waals surface area (Å²) in [7, 11) is 1.99. The molecule has 1 rings (SSSR count). The molecule has 1 aromatic carbocycles. The van der Waals surface area contributed by atoms with Gasteiger partial charge in [-0.25, -0.2) is 14.4 Å². The van der Waals surface area contributed by atoms with Gasteiger partial charge in [-0.3, -0.25) is 4.79 Å². The van der Waals surface area contributed by atoms with E-state index in [-0.39, 0.29) is 5.56 Å². The van der Waals surface area contributed by atoms with Crippen LogP contribution in [0.15, 0.2) is 30.3 Å². The molecule has 0 bridgehead atoms. The van der Waals surface area contributed by atoms with Crippen LogP contribution in [0.25, 0.3) is 0 Å². The molecule has 154 valence electrons. The van der Waals surface area contributed by atoms with Crippen LogP contribution in [0, 0.1) is 0 Å². The highest BCUT2D eigenvalue weighted by atomic mass is 16.6. The van der Waals surface area contributed by atoms with Crippen molar-refractivity contribution < 1.29 is 38.1 Å². The third-order valence-electron chi connectivity index (χ3n) is 3.52. The topological polar surface area (TPSA) is 131 Å². The predicted octanol–water partition coefficient (Wildman–Crippen LogP) is 0.987. The maximum atomic E-state index is 12.5. The van der Waals surface area contributed by atoms with Crippen LogP contribution in [0.4, 0.5) is 0 Å². The largest absolute Gasteiger partial charge is 0.466 e. The number of nitrogens with two attached hydrogens (primary N) is 1. The molecule has 0 aromatic heterocycles. The highest BCUT2D eigenvalue weighted by Crippen LogP contribution is 2.25. The van der Waals surface area contributed by atoms with Crippen molar-refractivity contribution in [1.29, 1.82) is 0 Å². The van der Waals surface area contributed by atoms with Crippen LogP contribution in [0.3, 0.4) is 0 Å². The standard InChI is InChI=1S/C19H25NO8/c1-18(2,3)27-15(22)13(20)11-19(16(23)25-4,17(24)26-5)28-14(21)12-9-7-6-8-10-12/h6-10,13H,11,20H2,1-5H3. The second kappa shape index (κ2) is 9.32. The molecule has 0 saturated carbocycles. The molecule has 0 spiro atoms. The number of hydrogen-bond donors (Lipinski definition) is 1. The molecule has 0 radical (unpaired) electrons. The summed E-state index contributed by atoms with van der Waals surface area (Å²) in [6.07, 6.45) is -0.722. The molecular formula is C19H25NO8. The first-order valence-electron chi connectivity index (χ1n) is 8.40. The molecule has 0 heterocycles. The summed E-state index contributed by atoms with van der Waals surface area (Å²) < 4.78 is 19.6. The average molecular weight is 395 g/mol. The first-order chi connectivity index (χ1) is 13.0. The van der Waals surface area contributed by atoms with E-state index in [0.29, 0.717) is 0 Å². The van der Waals surface area contributed by atoms with Gasteiger partial charge < -0.3 is 24.7 Å². The second-order valence-corrected chi connectivity index (χ2v) is 6.91. The number of methoxy groups -OCH3 is 2. The van der Waals surface area contributed by atoms with Crippen molar-refractivity contribution in [1.82, 2.24) is 0 Å². The van der Waals surface area contributed by atoms with E-state index in [9.17, 15) is 19.2 Å². The SMILES string of the molecule is COC(=O)C(CC(N)C(=O)OC(C)(C)C)(OC(=O)c1ccccc1)C(=O)OC. The summed E-state index contributed by atoms with van der Waals surface area (Å²) in [6.45, 7) is 4.88. The number of carbonyl (C=O) groups is 4. The lowest BCUT2D eigenvalue weighted by Gasteiger charge is -2.30. The number of carbonyl (C=O) groups excluding carboxylic acids is 4. The van der Waals surface area contributed by atoms with Crippen LogP contribution < -0.4 is 5.73 Å². The van der Waals surface area contributed by atoms with Gasteiger partial charge in [0, 0.05) is 6.42 Å². The van der Waals surface area contributed by atoms with Gasteiger partial charge in [-0.1, -0.05) is 18.2 Å². The monoisotopic (exact) mass is 395 g/mol. The van der Waals surface area contributed by atoms with Crippen LogP contribution in [0.2, 0.25) is 0 Å². The molecule has 9 nitrogen and oxygen atoms in total. The Morgan fingerprint density at radius 2 is 1.43 bits per heavy atom. The van der Waals surface area contributed by atoms with Crippen LogP contribution >= 0.6 is 0 Å². The van der Waals surface area contributed by atoms with E-state index >= 15 is 0 Å². The number of ether oxygens (including phenoxy) is 4. The third-order valence-corrected chi connectivity index (χ3v) is 3.52. The van der Waals surface area contributed by atoms with Crippen molar-refractivity contribution in [2.75, 3.05) is 14.2 Å². The maximum Gasteiger partial charge on any atom is 0.362 e. The van der Waals surface area contributed by atoms with Crippen LogP contribution in [0.1, 0.15) is 37.6 Å². The smallest absolute Gasteiger partial charge is 0.362 e. The van der Waals surface area contributed by atoms with E-state index < -0.39 is 47.5 Å². The normalized spacial score (nSPS) is 12.5. The van der Waals surface area contributed by atoms with Crippen molar-refractivity contribution in [3.8, 4) is 0 Å². The second-order valence-electron chi connectivity index (χ2n) is 6.91. The van der Waals surface area contributed by atoms with Gasteiger partial charge in [0.1, 0.15) is 11.6 Å². The van der Waals surface area contributed by atoms with Gasteiger partial charge in [0.25, 0.3) is 0 Å². The Kier molecular flexibility index (Phi) is 7.69. The fourth-order valence-electron chi connectivity index (χ4n) is 2.27. The zero-order valence-corrected chi connectivity index (χ0v) is 16.5. The molecule has 1 unspecified atom stereocenters. The van der Waals surface area contributed by atoms with Crippen LogP contribution in [-0.4, -0.2) is 55.3 Å². The molecular weight excluding hydrogens is 370 g/mol. The van der Waals surface area contributed by atoms with Crippen molar-refractivity contribution >= 4 is 23.9 Å². The average Bonchev–Trinajstić information content (AvgIpc) is 2.65. The fraction of sp³-hybridized carbons (Fsp3) is 0.474. The van der Waals surface area contributed by atoms with E-state index in [2.05, 4.69) is 9.47 Å². The van der Waals surface area contributed by atoms with Gasteiger partial charge in [0.15, 0.2) is 0 Å². The third kappa shape index (κ3) is 5.78. The summed E-state index contributed by atoms with van der Waals surface area (Å²) >= 11 is 0. The van der Waals surface area contributed by atoms with Crippen molar-refractivity contribution in [3.63, 3.8) is 0 Å². The lowest BCUT2D eigenvalue weighted by molar-refractivity contribution is -0.183. The zero-order chi connectivity index (χ0) is 21.5. The minimum absolute atomic E-state index is 0.0746. The van der Waals surface area contributed by atoms with Gasteiger partial charge in [0.05, 0.1) is 19.8 Å². The summed E-state index contributed by atoms with van der Waals surface area (Å²) in [4.78, 5) is 49.6. The van der Waals surface area contributed by atoms with Crippen molar-refractivity contribution in [3.05, 3.63) is 35.9 Å². The van der Waals surface area contributed by atoms with Crippen molar-refractivity contribution in [2.24, 2.45) is 5.73 Å². The fourth-order valence-corrected chi connectivity index (χ4v) is 2.27. The van der Waals surface area contributed by atoms with Crippen LogP contribution in [-0.2, 0) is 33.3 Å². The first kappa shape index (κ1) is 23.1. The lowest BCUT2D eigenvalue weighted by atomic mass is 9.94. The molecule has 0 aliphatic rings. The Hall–Kier alpha value is -2.94. The summed E-state index contributed by atoms with van der Waals surface area (Å²) in [5.41, 5.74) is 2.47. The quantitative estimate of drug-likeness (QED) is 0.408. The van der Waals surface area contributed by atoms with Crippen LogP contribution in [0.5, 0.6) is 0 Å². The minimum atomic E-state index is -2.58. The molecule has 0 amide bonds. The maximum absolute atomic E-state index is 12.5. The summed E-state index contributed by atoms with van der Waals surface area (Å²) in [5, 5.41) is 0. The Morgan fingerprint density at radius 3 is 1.86 bits per heavy atom. The molecule has 2 N–H and O–H groups in total. The molecule has 0 fully saturated rings. The lowest BCUT2D eigenvalue weighted by Crippen LogP contribution is -2.56. The van der Waals surface area contributed by atoms with E-state index in [4.69, 9.17) is 15.2 Å². The van der Waals surface area contributed by atoms with E-state index in [1.807, 2.05) is 0 Å². The van der Waals surface area contributed by atoms with Gasteiger partial charge in [0.2, 0.25) is 0 Å². The minimum Gasteiger partial charge on any atom is -0.466 e. The number of rotatable bonds is 7. The first-order valence-corrected chi connectivity index (χ1v) is 8.40. The Morgan fingerprint density at radius 1 is 0.929 bits per heavy atom. The number of hydrogen-bond acceptors (Lipinski definition) is 9. The van der Waals surface area contributed by atoms with E-state index in [1.165, 1.54) is 12.1 Å². The molecule has 28 heavy (non-hydrogen) atoms. The number of benzene rings is 1. The van der Waals surface area contributed by atoms with Crippen molar-refractivity contribution in [2.45, 2.75) is 44.4 Å². The predicted molar refractivity (Wildman–Crippen MR) is 97.1 cm³/mol. The van der Waals surface area contributed by atoms with Gasteiger partial charge >= 0.3 is 29.5 Å². The summed E-state index contributed by atoms with van der Waals surface area (Å²) in [6, 6.07) is 6.19. The zero-order valence-electron chi connectivity index (χ0n) is 16.5.